The molecule has 0 amide bonds. The third-order valence-electron chi connectivity index (χ3n) is 2.41. The van der Waals surface area contributed by atoms with Crippen LogP contribution < -0.4 is 5.32 Å². The van der Waals surface area contributed by atoms with E-state index >= 15 is 0 Å². The summed E-state index contributed by atoms with van der Waals surface area (Å²) < 4.78 is 0. The normalized spacial score (nSPS) is 12.1. The molecule has 0 aliphatic rings. The molecule has 0 atom stereocenters. The highest BCUT2D eigenvalue weighted by molar-refractivity contribution is 7.15. The number of nitrogens with zero attached hydrogens (tertiary/aromatic N) is 3. The summed E-state index contributed by atoms with van der Waals surface area (Å²) in [5.41, 5.74) is -0.677. The Morgan fingerprint density at radius 1 is 1.33 bits per heavy atom. The van der Waals surface area contributed by atoms with Crippen molar-refractivity contribution in [3.8, 4) is 0 Å². The van der Waals surface area contributed by atoms with Gasteiger partial charge in [0.25, 0.3) is 0 Å². The van der Waals surface area contributed by atoms with E-state index in [0.29, 0.717) is 6.54 Å². The Morgan fingerprint density at radius 3 is 2.61 bits per heavy atom. The van der Waals surface area contributed by atoms with Crippen LogP contribution in [0.25, 0.3) is 0 Å². The largest absolute Gasteiger partial charge is 0.389 e. The first-order valence-corrected chi connectivity index (χ1v) is 7.27. The van der Waals surface area contributed by atoms with Crippen molar-refractivity contribution in [1.82, 2.24) is 15.1 Å². The number of hydrogen-bond donors (Lipinski definition) is 2. The minimum absolute atomic E-state index is 0.640. The number of likely N-dealkylation sites (N-methyl/N-ethyl adjacent to an activating group) is 1. The van der Waals surface area contributed by atoms with Crippen LogP contribution in [0.4, 0.5) is 5.13 Å². The van der Waals surface area contributed by atoms with Crippen LogP contribution in [0, 0.1) is 0 Å². The van der Waals surface area contributed by atoms with E-state index in [0.717, 1.165) is 36.2 Å². The Kier molecular flexibility index (Phi) is 5.98. The van der Waals surface area contributed by atoms with Gasteiger partial charge in [-0.15, -0.1) is 10.2 Å². The van der Waals surface area contributed by atoms with Crippen molar-refractivity contribution < 1.29 is 5.11 Å². The van der Waals surface area contributed by atoms with Crippen molar-refractivity contribution in [2.24, 2.45) is 0 Å². The monoisotopic (exact) mass is 272 g/mol. The van der Waals surface area contributed by atoms with Gasteiger partial charge < -0.3 is 10.4 Å². The third kappa shape index (κ3) is 5.75. The van der Waals surface area contributed by atoms with Crippen molar-refractivity contribution in [1.29, 1.82) is 0 Å². The molecule has 104 valence electrons. The van der Waals surface area contributed by atoms with Crippen LogP contribution in [0.15, 0.2) is 0 Å². The summed E-state index contributed by atoms with van der Waals surface area (Å²) in [5, 5.41) is 23.2. The summed E-state index contributed by atoms with van der Waals surface area (Å²) in [6.45, 7) is 11.1. The highest BCUT2D eigenvalue weighted by atomic mass is 32.1. The molecule has 0 aliphatic carbocycles. The maximum Gasteiger partial charge on any atom is 0.205 e. The van der Waals surface area contributed by atoms with Crippen molar-refractivity contribution in [2.75, 3.05) is 25.0 Å². The molecular weight excluding hydrogens is 248 g/mol. The average molecular weight is 272 g/mol. The highest BCUT2D eigenvalue weighted by Gasteiger charge is 2.18. The van der Waals surface area contributed by atoms with E-state index in [4.69, 9.17) is 0 Å². The van der Waals surface area contributed by atoms with Gasteiger partial charge in [-0.3, -0.25) is 4.90 Å². The van der Waals surface area contributed by atoms with Crippen LogP contribution in [0.2, 0.25) is 0 Å². The molecule has 0 aromatic carbocycles. The van der Waals surface area contributed by atoms with Crippen molar-refractivity contribution in [2.45, 2.75) is 46.3 Å². The smallest absolute Gasteiger partial charge is 0.205 e. The molecule has 0 saturated carbocycles. The maximum atomic E-state index is 9.83. The molecule has 0 radical (unpaired) electrons. The molecule has 6 heteroatoms. The summed E-state index contributed by atoms with van der Waals surface area (Å²) in [5.74, 6) is 0. The van der Waals surface area contributed by atoms with Gasteiger partial charge in [0.1, 0.15) is 5.01 Å². The van der Waals surface area contributed by atoms with E-state index in [1.807, 2.05) is 13.8 Å². The van der Waals surface area contributed by atoms with E-state index < -0.39 is 5.60 Å². The summed E-state index contributed by atoms with van der Waals surface area (Å²) in [6.07, 6.45) is 1.08. The number of aliphatic hydroxyl groups is 1. The predicted octanol–water partition coefficient (Wildman–Crippen LogP) is 1.95. The van der Waals surface area contributed by atoms with Crippen molar-refractivity contribution in [3.05, 3.63) is 5.01 Å². The van der Waals surface area contributed by atoms with Gasteiger partial charge in [-0.1, -0.05) is 25.2 Å². The summed E-state index contributed by atoms with van der Waals surface area (Å²) >= 11 is 1.59. The van der Waals surface area contributed by atoms with Crippen LogP contribution in [0.1, 0.15) is 39.1 Å². The second-order valence-electron chi connectivity index (χ2n) is 5.04. The molecule has 1 heterocycles. The number of rotatable bonds is 8. The minimum atomic E-state index is -0.677. The van der Waals surface area contributed by atoms with Gasteiger partial charge in [0.15, 0.2) is 0 Å². The predicted molar refractivity (Wildman–Crippen MR) is 75.9 cm³/mol. The fraction of sp³-hybridized carbons (Fsp3) is 0.833. The second kappa shape index (κ2) is 7.01. The molecule has 0 spiro atoms. The number of hydrogen-bond acceptors (Lipinski definition) is 6. The first kappa shape index (κ1) is 15.3. The standard InChI is InChI=1S/C12H24N4OS/c1-5-7-13-11-15-14-10(18-11)8-16(6-2)9-12(3,4)17/h17H,5-9H2,1-4H3,(H,13,15). The molecule has 5 nitrogen and oxygen atoms in total. The molecule has 1 aromatic heterocycles. The third-order valence-corrected chi connectivity index (χ3v) is 3.28. The lowest BCUT2D eigenvalue weighted by Gasteiger charge is -2.26. The molecule has 0 aliphatic heterocycles. The van der Waals surface area contributed by atoms with E-state index in [2.05, 4.69) is 34.3 Å². The minimum Gasteiger partial charge on any atom is -0.389 e. The Balaban J connectivity index is 2.51. The topological polar surface area (TPSA) is 61.3 Å². The average Bonchev–Trinajstić information content (AvgIpc) is 2.71. The molecule has 18 heavy (non-hydrogen) atoms. The van der Waals surface area contributed by atoms with E-state index in [1.165, 1.54) is 0 Å². The fourth-order valence-corrected chi connectivity index (χ4v) is 2.45. The maximum absolute atomic E-state index is 9.83. The zero-order chi connectivity index (χ0) is 13.6. The Hall–Kier alpha value is -0.720. The van der Waals surface area contributed by atoms with E-state index in [1.54, 1.807) is 11.3 Å². The quantitative estimate of drug-likeness (QED) is 0.757. The highest BCUT2D eigenvalue weighted by Crippen LogP contribution is 2.17. The molecule has 2 N–H and O–H groups in total. The number of nitrogens with one attached hydrogen (secondary N) is 1. The molecule has 0 bridgehead atoms. The number of anilines is 1. The molecule has 1 aromatic rings. The molecule has 0 unspecified atom stereocenters. The second-order valence-corrected chi connectivity index (χ2v) is 6.11. The zero-order valence-corrected chi connectivity index (χ0v) is 12.5. The summed E-state index contributed by atoms with van der Waals surface area (Å²) in [6, 6.07) is 0. The lowest BCUT2D eigenvalue weighted by atomic mass is 10.1. The van der Waals surface area contributed by atoms with Crippen molar-refractivity contribution in [3.63, 3.8) is 0 Å². The van der Waals surface area contributed by atoms with E-state index in [-0.39, 0.29) is 0 Å². The first-order valence-electron chi connectivity index (χ1n) is 6.45. The molecular formula is C12H24N4OS. The summed E-state index contributed by atoms with van der Waals surface area (Å²) in [4.78, 5) is 2.17. The fourth-order valence-electron chi connectivity index (χ4n) is 1.64. The van der Waals surface area contributed by atoms with Gasteiger partial charge in [0, 0.05) is 13.1 Å². The lowest BCUT2D eigenvalue weighted by molar-refractivity contribution is 0.0352. The first-order chi connectivity index (χ1) is 8.44. The van der Waals surface area contributed by atoms with Gasteiger partial charge >= 0.3 is 0 Å². The summed E-state index contributed by atoms with van der Waals surface area (Å²) in [7, 11) is 0. The molecule has 1 rings (SSSR count). The Morgan fingerprint density at radius 2 is 2.06 bits per heavy atom. The van der Waals surface area contributed by atoms with E-state index in [9.17, 15) is 5.11 Å². The van der Waals surface area contributed by atoms with Crippen LogP contribution in [-0.2, 0) is 6.54 Å². The Bertz CT molecular complexity index is 348. The van der Waals surface area contributed by atoms with Crippen molar-refractivity contribution >= 4 is 16.5 Å². The van der Waals surface area contributed by atoms with Gasteiger partial charge in [-0.05, 0) is 26.8 Å². The molecule has 0 fully saturated rings. The zero-order valence-electron chi connectivity index (χ0n) is 11.7. The van der Waals surface area contributed by atoms with Gasteiger partial charge in [-0.25, -0.2) is 0 Å². The van der Waals surface area contributed by atoms with Gasteiger partial charge in [-0.2, -0.15) is 0 Å². The van der Waals surface area contributed by atoms with Crippen LogP contribution in [0.3, 0.4) is 0 Å². The van der Waals surface area contributed by atoms with Crippen LogP contribution in [-0.4, -0.2) is 45.4 Å². The van der Waals surface area contributed by atoms with Crippen LogP contribution >= 0.6 is 11.3 Å². The van der Waals surface area contributed by atoms with Gasteiger partial charge in [0.2, 0.25) is 5.13 Å². The molecule has 0 saturated heterocycles. The Labute approximate surface area is 113 Å². The van der Waals surface area contributed by atoms with Gasteiger partial charge in [0.05, 0.1) is 12.1 Å². The van der Waals surface area contributed by atoms with Crippen LogP contribution in [0.5, 0.6) is 0 Å². The lowest BCUT2D eigenvalue weighted by Crippen LogP contribution is -2.38. The SMILES string of the molecule is CCCNc1nnc(CN(CC)CC(C)(C)O)s1. The number of aromatic nitrogens is 2.